The molecule has 0 bridgehead atoms. The molecule has 1 atom stereocenters. The first kappa shape index (κ1) is 12.8. The molecule has 2 aliphatic rings. The van der Waals surface area contributed by atoms with E-state index in [1.807, 2.05) is 11.9 Å². The summed E-state index contributed by atoms with van der Waals surface area (Å²) in [5.41, 5.74) is -0.285. The fourth-order valence-electron chi connectivity index (χ4n) is 3.02. The number of carbonyl (C=O) groups excluding carboxylic acids is 1. The third-order valence-electron chi connectivity index (χ3n) is 4.32. The van der Waals surface area contributed by atoms with Crippen LogP contribution in [-0.4, -0.2) is 49.2 Å². The fraction of sp³-hybridized carbons (Fsp3) is 0.923. The topological polar surface area (TPSA) is 41.6 Å². The fourth-order valence-corrected chi connectivity index (χ4v) is 3.02. The smallest absolute Gasteiger partial charge is 0.242 e. The van der Waals surface area contributed by atoms with Gasteiger partial charge in [0.25, 0.3) is 0 Å². The van der Waals surface area contributed by atoms with Gasteiger partial charge in [-0.1, -0.05) is 6.92 Å². The number of rotatable bonds is 3. The van der Waals surface area contributed by atoms with Gasteiger partial charge in [0.05, 0.1) is 5.54 Å². The maximum atomic E-state index is 12.6. The van der Waals surface area contributed by atoms with Crippen molar-refractivity contribution in [3.63, 3.8) is 0 Å². The van der Waals surface area contributed by atoms with E-state index in [2.05, 4.69) is 12.2 Å². The lowest BCUT2D eigenvalue weighted by atomic mass is 9.91. The minimum Gasteiger partial charge on any atom is -0.381 e. The van der Waals surface area contributed by atoms with Crippen LogP contribution >= 0.6 is 0 Å². The number of hydrogen-bond donors (Lipinski definition) is 1. The van der Waals surface area contributed by atoms with Crippen LogP contribution in [0, 0.1) is 0 Å². The molecule has 2 heterocycles. The van der Waals surface area contributed by atoms with Gasteiger partial charge in [-0.25, -0.2) is 0 Å². The first-order valence-electron chi connectivity index (χ1n) is 6.79. The minimum absolute atomic E-state index is 0.282. The summed E-state index contributed by atoms with van der Waals surface area (Å²) in [6, 6.07) is 0.363. The Balaban J connectivity index is 2.02. The first-order chi connectivity index (χ1) is 8.19. The van der Waals surface area contributed by atoms with Crippen molar-refractivity contribution in [1.29, 1.82) is 0 Å². The number of nitrogens with zero attached hydrogens (tertiary/aromatic N) is 1. The van der Waals surface area contributed by atoms with E-state index in [4.69, 9.17) is 4.74 Å². The average Bonchev–Trinajstić information content (AvgIpc) is 2.88. The second-order valence-corrected chi connectivity index (χ2v) is 5.23. The molecule has 2 fully saturated rings. The lowest BCUT2D eigenvalue weighted by Gasteiger charge is -2.37. The van der Waals surface area contributed by atoms with Crippen molar-refractivity contribution < 1.29 is 9.53 Å². The van der Waals surface area contributed by atoms with Crippen molar-refractivity contribution in [3.05, 3.63) is 0 Å². The molecule has 1 N–H and O–H groups in total. The van der Waals surface area contributed by atoms with Gasteiger partial charge in [0.15, 0.2) is 0 Å². The van der Waals surface area contributed by atoms with Gasteiger partial charge < -0.3 is 15.0 Å². The van der Waals surface area contributed by atoms with Gasteiger partial charge in [-0.15, -0.1) is 0 Å². The summed E-state index contributed by atoms with van der Waals surface area (Å²) in [5.74, 6) is 0.282. The van der Waals surface area contributed by atoms with Crippen LogP contribution in [0.5, 0.6) is 0 Å². The molecule has 4 nitrogen and oxygen atoms in total. The Bertz CT molecular complexity index is 269. The highest BCUT2D eigenvalue weighted by atomic mass is 16.5. The highest BCUT2D eigenvalue weighted by Crippen LogP contribution is 2.27. The number of ether oxygens (including phenoxy) is 1. The maximum Gasteiger partial charge on any atom is 0.242 e. The molecule has 17 heavy (non-hydrogen) atoms. The number of amides is 1. The third kappa shape index (κ3) is 2.47. The van der Waals surface area contributed by atoms with Crippen LogP contribution in [0.25, 0.3) is 0 Å². The Labute approximate surface area is 104 Å². The predicted molar refractivity (Wildman–Crippen MR) is 66.9 cm³/mol. The molecule has 98 valence electrons. The van der Waals surface area contributed by atoms with Crippen molar-refractivity contribution in [2.75, 3.05) is 26.8 Å². The van der Waals surface area contributed by atoms with E-state index in [0.717, 1.165) is 51.9 Å². The van der Waals surface area contributed by atoms with Gasteiger partial charge in [0.1, 0.15) is 0 Å². The third-order valence-corrected chi connectivity index (χ3v) is 4.32. The first-order valence-corrected chi connectivity index (χ1v) is 6.79. The number of hydrogen-bond acceptors (Lipinski definition) is 3. The Hall–Kier alpha value is -0.610. The summed E-state index contributed by atoms with van der Waals surface area (Å²) in [7, 11) is 1.95. The standard InChI is InChI=1S/C13H24N2O2/c1-3-13(7-4-8-14-13)12(16)15(2)11-5-9-17-10-6-11/h11,14H,3-10H2,1-2H3. The molecule has 0 saturated carbocycles. The van der Waals surface area contributed by atoms with E-state index in [0.29, 0.717) is 6.04 Å². The van der Waals surface area contributed by atoms with E-state index in [1.54, 1.807) is 0 Å². The summed E-state index contributed by atoms with van der Waals surface area (Å²) in [6.07, 6.45) is 4.93. The highest BCUT2D eigenvalue weighted by Gasteiger charge is 2.42. The lowest BCUT2D eigenvalue weighted by molar-refractivity contribution is -0.140. The van der Waals surface area contributed by atoms with Gasteiger partial charge in [-0.05, 0) is 38.6 Å². The van der Waals surface area contributed by atoms with Crippen molar-refractivity contribution >= 4 is 5.91 Å². The van der Waals surface area contributed by atoms with Gasteiger partial charge in [-0.2, -0.15) is 0 Å². The van der Waals surface area contributed by atoms with E-state index < -0.39 is 0 Å². The van der Waals surface area contributed by atoms with E-state index >= 15 is 0 Å². The van der Waals surface area contributed by atoms with Gasteiger partial charge in [-0.3, -0.25) is 4.79 Å². The summed E-state index contributed by atoms with van der Waals surface area (Å²) in [5, 5.41) is 3.42. The lowest BCUT2D eigenvalue weighted by Crippen LogP contribution is -2.56. The second kappa shape index (κ2) is 5.36. The zero-order chi connectivity index (χ0) is 12.3. The van der Waals surface area contributed by atoms with Crippen molar-refractivity contribution in [2.24, 2.45) is 0 Å². The molecule has 0 aromatic rings. The molecule has 0 aliphatic carbocycles. The van der Waals surface area contributed by atoms with Crippen LogP contribution in [0.2, 0.25) is 0 Å². The minimum atomic E-state index is -0.285. The Morgan fingerprint density at radius 1 is 1.47 bits per heavy atom. The number of likely N-dealkylation sites (N-methyl/N-ethyl adjacent to an activating group) is 1. The molecule has 4 heteroatoms. The predicted octanol–water partition coefficient (Wildman–Crippen LogP) is 1.16. The average molecular weight is 240 g/mol. The largest absolute Gasteiger partial charge is 0.381 e. The molecule has 1 unspecified atom stereocenters. The van der Waals surface area contributed by atoms with E-state index in [9.17, 15) is 4.79 Å². The zero-order valence-corrected chi connectivity index (χ0v) is 11.0. The maximum absolute atomic E-state index is 12.6. The monoisotopic (exact) mass is 240 g/mol. The van der Waals surface area contributed by atoms with Crippen molar-refractivity contribution in [1.82, 2.24) is 10.2 Å². The van der Waals surface area contributed by atoms with Crippen molar-refractivity contribution in [2.45, 2.75) is 50.6 Å². The van der Waals surface area contributed by atoms with E-state index in [1.165, 1.54) is 0 Å². The molecule has 1 amide bonds. The quantitative estimate of drug-likeness (QED) is 0.805. The molecule has 0 spiro atoms. The molecular weight excluding hydrogens is 216 g/mol. The molecule has 2 rings (SSSR count). The highest BCUT2D eigenvalue weighted by molar-refractivity contribution is 5.86. The second-order valence-electron chi connectivity index (χ2n) is 5.23. The van der Waals surface area contributed by atoms with Gasteiger partial charge in [0.2, 0.25) is 5.91 Å². The summed E-state index contributed by atoms with van der Waals surface area (Å²) in [6.45, 7) is 4.65. The van der Waals surface area contributed by atoms with Crippen LogP contribution in [0.15, 0.2) is 0 Å². The van der Waals surface area contributed by atoms with Crippen LogP contribution in [0.3, 0.4) is 0 Å². The molecule has 0 radical (unpaired) electrons. The summed E-state index contributed by atoms with van der Waals surface area (Å²) < 4.78 is 5.35. The summed E-state index contributed by atoms with van der Waals surface area (Å²) >= 11 is 0. The van der Waals surface area contributed by atoms with Crippen LogP contribution in [-0.2, 0) is 9.53 Å². The molecule has 0 aromatic carbocycles. The van der Waals surface area contributed by atoms with Crippen LogP contribution in [0.1, 0.15) is 39.0 Å². The molecular formula is C13H24N2O2. The zero-order valence-electron chi connectivity index (χ0n) is 11.0. The van der Waals surface area contributed by atoms with Crippen LogP contribution < -0.4 is 5.32 Å². The number of carbonyl (C=O) groups is 1. The van der Waals surface area contributed by atoms with Crippen molar-refractivity contribution in [3.8, 4) is 0 Å². The van der Waals surface area contributed by atoms with Gasteiger partial charge in [0, 0.05) is 26.3 Å². The normalized spacial score (nSPS) is 30.5. The Kier molecular flexibility index (Phi) is 4.05. The Morgan fingerprint density at radius 2 is 2.18 bits per heavy atom. The van der Waals surface area contributed by atoms with E-state index in [-0.39, 0.29) is 11.4 Å². The van der Waals surface area contributed by atoms with Crippen LogP contribution in [0.4, 0.5) is 0 Å². The molecule has 2 saturated heterocycles. The van der Waals surface area contributed by atoms with Gasteiger partial charge >= 0.3 is 0 Å². The SMILES string of the molecule is CCC1(C(=O)N(C)C2CCOCC2)CCCN1. The molecule has 2 aliphatic heterocycles. The Morgan fingerprint density at radius 3 is 2.71 bits per heavy atom. The number of nitrogens with one attached hydrogen (secondary N) is 1. The molecule has 0 aromatic heterocycles. The summed E-state index contributed by atoms with van der Waals surface area (Å²) in [4.78, 5) is 14.6.